The second kappa shape index (κ2) is 14.9. The van der Waals surface area contributed by atoms with Gasteiger partial charge in [0.25, 0.3) is 15.9 Å². The molecule has 0 aliphatic rings. The summed E-state index contributed by atoms with van der Waals surface area (Å²) >= 11 is 0. The largest absolute Gasteiger partial charge is 0.477 e. The van der Waals surface area contributed by atoms with E-state index in [1.54, 1.807) is 24.5 Å². The van der Waals surface area contributed by atoms with Crippen molar-refractivity contribution >= 4 is 21.9 Å². The monoisotopic (exact) mass is 680 g/mol. The number of carbonyl (C=O) groups is 1. The van der Waals surface area contributed by atoms with Crippen LogP contribution in [0.4, 0.5) is 5.95 Å². The first kappa shape index (κ1) is 35.2. The summed E-state index contributed by atoms with van der Waals surface area (Å²) in [6.07, 6.45) is 6.77. The highest BCUT2D eigenvalue weighted by Gasteiger charge is 2.23. The number of nitrogens with zero attached hydrogens (tertiary/aromatic N) is 4. The molecule has 256 valence electrons. The number of hydrogen-bond acceptors (Lipinski definition) is 8. The van der Waals surface area contributed by atoms with Crippen LogP contribution in [-0.4, -0.2) is 47.9 Å². The lowest BCUT2D eigenvalue weighted by Gasteiger charge is -2.26. The zero-order chi connectivity index (χ0) is 35.2. The molecule has 10 nitrogen and oxygen atoms in total. The van der Waals surface area contributed by atoms with Crippen molar-refractivity contribution in [2.24, 2.45) is 11.3 Å². The van der Waals surface area contributed by atoms with Crippen molar-refractivity contribution in [3.63, 3.8) is 0 Å². The zero-order valence-corrected chi connectivity index (χ0v) is 29.5. The van der Waals surface area contributed by atoms with Gasteiger partial charge in [-0.15, -0.1) is 0 Å². The minimum Gasteiger partial charge on any atom is -0.477 e. The molecule has 2 N–H and O–H groups in total. The molecule has 0 radical (unpaired) electrons. The summed E-state index contributed by atoms with van der Waals surface area (Å²) in [4.78, 5) is 29.5. The van der Waals surface area contributed by atoms with Crippen LogP contribution in [0.25, 0.3) is 22.4 Å². The van der Waals surface area contributed by atoms with Gasteiger partial charge in [-0.05, 0) is 78.5 Å². The smallest absolute Gasteiger partial charge is 0.264 e. The lowest BCUT2D eigenvalue weighted by atomic mass is 9.82. The van der Waals surface area contributed by atoms with Crippen LogP contribution >= 0.6 is 0 Å². The molecule has 0 aliphatic heterocycles. The molecular formula is C38H44N6O4S. The van der Waals surface area contributed by atoms with E-state index < -0.39 is 15.9 Å². The highest BCUT2D eigenvalue weighted by Crippen LogP contribution is 2.32. The first-order chi connectivity index (χ1) is 23.3. The third-order valence-electron chi connectivity index (χ3n) is 8.04. The normalized spacial score (nSPS) is 12.3. The van der Waals surface area contributed by atoms with Gasteiger partial charge in [0.2, 0.25) is 11.8 Å². The number of nitrogens with one attached hydrogen (secondary N) is 2. The minimum absolute atomic E-state index is 0. The third kappa shape index (κ3) is 9.26. The number of carbonyl (C=O) groups excluding carboxylic acids is 1. The Bertz CT molecular complexity index is 2020. The first-order valence-corrected chi connectivity index (χ1v) is 17.6. The van der Waals surface area contributed by atoms with Crippen molar-refractivity contribution in [2.75, 3.05) is 18.4 Å². The Hall–Kier alpha value is -5.16. The van der Waals surface area contributed by atoms with E-state index in [1.807, 2.05) is 32.0 Å². The molecule has 0 saturated carbocycles. The predicted octanol–water partition coefficient (Wildman–Crippen LogP) is 7.30. The van der Waals surface area contributed by atoms with Crippen LogP contribution in [-0.2, 0) is 16.4 Å². The van der Waals surface area contributed by atoms with Gasteiger partial charge in [-0.2, -0.15) is 4.98 Å². The van der Waals surface area contributed by atoms with Crippen LogP contribution in [0.3, 0.4) is 0 Å². The van der Waals surface area contributed by atoms with E-state index in [0.29, 0.717) is 12.3 Å². The molecule has 49 heavy (non-hydrogen) atoms. The molecule has 2 aromatic heterocycles. The molecule has 1 amide bonds. The number of aromatic nitrogens is 4. The molecule has 0 saturated heterocycles. The Morgan fingerprint density at radius 3 is 2.22 bits per heavy atom. The van der Waals surface area contributed by atoms with Crippen molar-refractivity contribution < 1.29 is 19.4 Å². The molecule has 0 aliphatic carbocycles. The van der Waals surface area contributed by atoms with Crippen molar-refractivity contribution in [3.05, 3.63) is 114 Å². The van der Waals surface area contributed by atoms with Gasteiger partial charge in [0, 0.05) is 43.6 Å². The second-order valence-corrected chi connectivity index (χ2v) is 15.0. The number of sulfonamides is 1. The highest BCUT2D eigenvalue weighted by atomic mass is 32.2. The molecule has 3 aromatic carbocycles. The number of hydrogen-bond donors (Lipinski definition) is 2. The van der Waals surface area contributed by atoms with Crippen LogP contribution in [0, 0.1) is 25.2 Å². The summed E-state index contributed by atoms with van der Waals surface area (Å²) in [5.74, 6) is -0.138. The third-order valence-corrected chi connectivity index (χ3v) is 9.37. The lowest BCUT2D eigenvalue weighted by molar-refractivity contribution is 0.0963. The van der Waals surface area contributed by atoms with Gasteiger partial charge in [0.1, 0.15) is 6.33 Å². The van der Waals surface area contributed by atoms with E-state index in [2.05, 4.69) is 75.0 Å². The Labute approximate surface area is 290 Å². The second-order valence-electron chi connectivity index (χ2n) is 13.4. The van der Waals surface area contributed by atoms with Crippen LogP contribution in [0.2, 0.25) is 0 Å². The molecule has 0 spiro atoms. The van der Waals surface area contributed by atoms with Crippen molar-refractivity contribution in [1.29, 1.82) is 0 Å². The topological polar surface area (TPSA) is 136 Å². The Kier molecular flexibility index (Phi) is 10.7. The van der Waals surface area contributed by atoms with Crippen LogP contribution < -0.4 is 14.8 Å². The molecule has 0 unspecified atom stereocenters. The van der Waals surface area contributed by atoms with E-state index in [4.69, 9.17) is 4.74 Å². The Morgan fingerprint density at radius 1 is 0.898 bits per heavy atom. The maximum absolute atomic E-state index is 13.5. The Balaban J connectivity index is 0.00000562. The maximum atomic E-state index is 13.5. The molecule has 11 heteroatoms. The molecule has 0 bridgehead atoms. The molecule has 5 aromatic rings. The number of anilines is 1. The van der Waals surface area contributed by atoms with Crippen molar-refractivity contribution in [1.82, 2.24) is 25.3 Å². The predicted molar refractivity (Wildman–Crippen MR) is 194 cm³/mol. The number of rotatable bonds is 12. The quantitative estimate of drug-likeness (QED) is 0.140. The van der Waals surface area contributed by atoms with E-state index in [1.165, 1.54) is 37.1 Å². The van der Waals surface area contributed by atoms with Gasteiger partial charge in [-0.3, -0.25) is 4.79 Å². The summed E-state index contributed by atoms with van der Waals surface area (Å²) in [6.45, 7) is 10.9. The minimum atomic E-state index is -4.15. The van der Waals surface area contributed by atoms with Crippen LogP contribution in [0.1, 0.15) is 55.7 Å². The lowest BCUT2D eigenvalue weighted by Crippen LogP contribution is -2.22. The number of aryl methyl sites for hydroxylation is 2. The standard InChI is InChI=1S/C38H42N6O4S.H2/c1-25-9-7-10-26(2)35(25)33-19-34(43-37(42-33)44-49(46,47)32-12-8-11-30(18-32)36(45)39-6)48-23-28(20-38(3,4)5)17-27-13-15-29(16-14-27)31-21-40-24-41-22-31;/h7-16,18-19,21-22,24,28H,17,20,23H2,1-6H3,(H,39,45)(H,42,43,44);1H/t28-;/m1./s1. The number of benzene rings is 3. The van der Waals surface area contributed by atoms with Crippen LogP contribution in [0.5, 0.6) is 5.88 Å². The summed E-state index contributed by atoms with van der Waals surface area (Å²) in [7, 11) is -2.67. The summed E-state index contributed by atoms with van der Waals surface area (Å²) in [5, 5.41) is 2.51. The molecule has 0 fully saturated rings. The SMILES string of the molecule is CNC(=O)c1cccc(S(=O)(=O)Nc2nc(OC[C@H](Cc3ccc(-c4cncnc4)cc3)CC(C)(C)C)cc(-c3c(C)cccc3C)n2)c1.[HH]. The summed E-state index contributed by atoms with van der Waals surface area (Å²) < 4.78 is 36.0. The van der Waals surface area contributed by atoms with E-state index in [9.17, 15) is 13.2 Å². The molecule has 5 rings (SSSR count). The van der Waals surface area contributed by atoms with Crippen molar-refractivity contribution in [2.45, 2.75) is 52.4 Å². The fourth-order valence-corrected chi connectivity index (χ4v) is 6.88. The van der Waals surface area contributed by atoms with Gasteiger partial charge < -0.3 is 10.1 Å². The van der Waals surface area contributed by atoms with Gasteiger partial charge in [0.05, 0.1) is 17.2 Å². The van der Waals surface area contributed by atoms with Gasteiger partial charge in [-0.25, -0.2) is 28.1 Å². The number of amides is 1. The van der Waals surface area contributed by atoms with Gasteiger partial charge in [-0.1, -0.05) is 69.3 Å². The number of ether oxygens (including phenoxy) is 1. The fraction of sp³-hybridized carbons (Fsp3) is 0.289. The average Bonchev–Trinajstić information content (AvgIpc) is 3.07. The maximum Gasteiger partial charge on any atom is 0.264 e. The Morgan fingerprint density at radius 2 is 1.57 bits per heavy atom. The van der Waals surface area contributed by atoms with E-state index >= 15 is 0 Å². The average molecular weight is 681 g/mol. The fourth-order valence-electron chi connectivity index (χ4n) is 5.89. The van der Waals surface area contributed by atoms with Gasteiger partial charge in [0.15, 0.2) is 0 Å². The molecule has 1 atom stereocenters. The summed E-state index contributed by atoms with van der Waals surface area (Å²) in [5.41, 5.74) is 6.78. The van der Waals surface area contributed by atoms with Crippen molar-refractivity contribution in [3.8, 4) is 28.3 Å². The summed E-state index contributed by atoms with van der Waals surface area (Å²) in [6, 6.07) is 21.9. The van der Waals surface area contributed by atoms with Gasteiger partial charge >= 0.3 is 0 Å². The first-order valence-electron chi connectivity index (χ1n) is 16.1. The molecular weight excluding hydrogens is 637 g/mol. The highest BCUT2D eigenvalue weighted by molar-refractivity contribution is 7.92. The zero-order valence-electron chi connectivity index (χ0n) is 28.7. The molecule has 2 heterocycles. The van der Waals surface area contributed by atoms with E-state index in [0.717, 1.165) is 40.7 Å². The van der Waals surface area contributed by atoms with Crippen LogP contribution in [0.15, 0.2) is 96.4 Å². The van der Waals surface area contributed by atoms with E-state index in [-0.39, 0.29) is 35.0 Å².